The molecule has 1 aromatic carbocycles. The highest BCUT2D eigenvalue weighted by atomic mass is 32.2. The van der Waals surface area contributed by atoms with Crippen molar-refractivity contribution in [1.82, 2.24) is 5.32 Å². The van der Waals surface area contributed by atoms with Crippen molar-refractivity contribution < 1.29 is 8.42 Å². The first-order chi connectivity index (χ1) is 9.14. The zero-order valence-corrected chi connectivity index (χ0v) is 11.9. The zero-order chi connectivity index (χ0) is 13.3. The van der Waals surface area contributed by atoms with E-state index in [0.717, 1.165) is 18.8 Å². The molecule has 0 spiro atoms. The van der Waals surface area contributed by atoms with Crippen molar-refractivity contribution in [2.75, 3.05) is 11.5 Å². The maximum atomic E-state index is 11.5. The predicted molar refractivity (Wildman–Crippen MR) is 76.7 cm³/mol. The van der Waals surface area contributed by atoms with E-state index in [1.807, 2.05) is 6.07 Å². The van der Waals surface area contributed by atoms with E-state index >= 15 is 0 Å². The molecule has 3 nitrogen and oxygen atoms in total. The van der Waals surface area contributed by atoms with Crippen molar-refractivity contribution in [2.45, 2.75) is 37.8 Å². The summed E-state index contributed by atoms with van der Waals surface area (Å²) in [5, 5.41) is 3.71. The molecule has 104 valence electrons. The molecular weight excluding hydrogens is 258 g/mol. The van der Waals surface area contributed by atoms with Gasteiger partial charge in [0.1, 0.15) is 9.84 Å². The van der Waals surface area contributed by atoms with E-state index in [4.69, 9.17) is 0 Å². The maximum absolute atomic E-state index is 11.5. The summed E-state index contributed by atoms with van der Waals surface area (Å²) >= 11 is 0. The Kier molecular flexibility index (Phi) is 3.63. The molecule has 4 heteroatoms. The Balaban J connectivity index is 1.66. The second-order valence-corrected chi connectivity index (χ2v) is 8.12. The molecular formula is C15H21NO2S. The average Bonchev–Trinajstić information content (AvgIpc) is 3.23. The molecule has 1 unspecified atom stereocenters. The standard InChI is InChI=1S/C15H21NO2S/c17-19(18)10-8-14(9-11-19)16-15(13-6-7-13)12-4-2-1-3-5-12/h1-5,13-16H,6-11H2. The van der Waals surface area contributed by atoms with Crippen LogP contribution < -0.4 is 5.32 Å². The number of sulfone groups is 1. The summed E-state index contributed by atoms with van der Waals surface area (Å²) in [6.07, 6.45) is 4.10. The lowest BCUT2D eigenvalue weighted by molar-refractivity contribution is 0.379. The largest absolute Gasteiger partial charge is 0.307 e. The lowest BCUT2D eigenvalue weighted by Gasteiger charge is -2.29. The molecule has 3 rings (SSSR count). The maximum Gasteiger partial charge on any atom is 0.150 e. The molecule has 1 aliphatic carbocycles. The van der Waals surface area contributed by atoms with E-state index < -0.39 is 9.84 Å². The number of nitrogens with one attached hydrogen (secondary N) is 1. The van der Waals surface area contributed by atoms with Gasteiger partial charge in [-0.05, 0) is 37.2 Å². The summed E-state index contributed by atoms with van der Waals surface area (Å²) in [6.45, 7) is 0. The number of rotatable bonds is 4. The minimum absolute atomic E-state index is 0.344. The Morgan fingerprint density at radius 3 is 2.21 bits per heavy atom. The highest BCUT2D eigenvalue weighted by Crippen LogP contribution is 2.41. The van der Waals surface area contributed by atoms with Crippen LogP contribution in [0.25, 0.3) is 0 Å². The van der Waals surface area contributed by atoms with Crippen LogP contribution in [-0.4, -0.2) is 26.0 Å². The second-order valence-electron chi connectivity index (χ2n) is 5.82. The van der Waals surface area contributed by atoms with Gasteiger partial charge in [-0.15, -0.1) is 0 Å². The summed E-state index contributed by atoms with van der Waals surface area (Å²) in [5.41, 5.74) is 1.35. The molecule has 1 saturated heterocycles. The first-order valence-electron chi connectivity index (χ1n) is 7.15. The molecule has 0 radical (unpaired) electrons. The number of benzene rings is 1. The lowest BCUT2D eigenvalue weighted by atomic mass is 10.00. The molecule has 1 aromatic rings. The van der Waals surface area contributed by atoms with E-state index in [1.165, 1.54) is 18.4 Å². The normalized spacial score (nSPS) is 25.1. The third-order valence-corrected chi connectivity index (χ3v) is 5.94. The van der Waals surface area contributed by atoms with Crippen molar-refractivity contribution in [3.05, 3.63) is 35.9 Å². The van der Waals surface area contributed by atoms with Crippen LogP contribution in [0.3, 0.4) is 0 Å². The van der Waals surface area contributed by atoms with Crippen molar-refractivity contribution in [2.24, 2.45) is 5.92 Å². The van der Waals surface area contributed by atoms with Gasteiger partial charge in [-0.3, -0.25) is 0 Å². The van der Waals surface area contributed by atoms with Gasteiger partial charge in [-0.1, -0.05) is 30.3 Å². The third kappa shape index (κ3) is 3.37. The van der Waals surface area contributed by atoms with Gasteiger partial charge in [0.05, 0.1) is 11.5 Å². The highest BCUT2D eigenvalue weighted by Gasteiger charge is 2.34. The van der Waals surface area contributed by atoms with Gasteiger partial charge >= 0.3 is 0 Å². The van der Waals surface area contributed by atoms with Crippen molar-refractivity contribution in [1.29, 1.82) is 0 Å². The van der Waals surface area contributed by atoms with Crippen LogP contribution in [0.4, 0.5) is 0 Å². The quantitative estimate of drug-likeness (QED) is 0.920. The van der Waals surface area contributed by atoms with Crippen molar-refractivity contribution in [3.8, 4) is 0 Å². The van der Waals surface area contributed by atoms with E-state index in [0.29, 0.717) is 23.6 Å². The minimum atomic E-state index is -2.76. The number of hydrogen-bond donors (Lipinski definition) is 1. The highest BCUT2D eigenvalue weighted by molar-refractivity contribution is 7.91. The summed E-state index contributed by atoms with van der Waals surface area (Å²) in [4.78, 5) is 0. The minimum Gasteiger partial charge on any atom is -0.307 e. The predicted octanol–water partition coefficient (Wildman–Crippen LogP) is 2.30. The van der Waals surface area contributed by atoms with Crippen LogP contribution >= 0.6 is 0 Å². The molecule has 1 saturated carbocycles. The van der Waals surface area contributed by atoms with E-state index in [1.54, 1.807) is 0 Å². The lowest BCUT2D eigenvalue weighted by Crippen LogP contribution is -2.40. The molecule has 0 aromatic heterocycles. The smallest absolute Gasteiger partial charge is 0.150 e. The van der Waals surface area contributed by atoms with E-state index in [9.17, 15) is 8.42 Å². The van der Waals surface area contributed by atoms with Crippen LogP contribution in [0.5, 0.6) is 0 Å². The Labute approximate surface area is 115 Å². The van der Waals surface area contributed by atoms with Crippen LogP contribution in [0, 0.1) is 5.92 Å². The molecule has 2 aliphatic rings. The molecule has 0 amide bonds. The summed E-state index contributed by atoms with van der Waals surface area (Å²) < 4.78 is 22.9. The summed E-state index contributed by atoms with van der Waals surface area (Å²) in [7, 11) is -2.76. The molecule has 2 fully saturated rings. The van der Waals surface area contributed by atoms with Gasteiger partial charge in [-0.2, -0.15) is 0 Å². The fraction of sp³-hybridized carbons (Fsp3) is 0.600. The molecule has 1 N–H and O–H groups in total. The van der Waals surface area contributed by atoms with Gasteiger partial charge in [0.15, 0.2) is 0 Å². The number of hydrogen-bond acceptors (Lipinski definition) is 3. The molecule has 1 heterocycles. The van der Waals surface area contributed by atoms with Gasteiger partial charge in [0, 0.05) is 12.1 Å². The van der Waals surface area contributed by atoms with Gasteiger partial charge in [0.2, 0.25) is 0 Å². The molecule has 1 atom stereocenters. The first-order valence-corrected chi connectivity index (χ1v) is 8.98. The summed E-state index contributed by atoms with van der Waals surface area (Å²) in [5.74, 6) is 1.43. The van der Waals surface area contributed by atoms with Crippen molar-refractivity contribution in [3.63, 3.8) is 0 Å². The fourth-order valence-electron chi connectivity index (χ4n) is 2.91. The Morgan fingerprint density at radius 1 is 1.00 bits per heavy atom. The van der Waals surface area contributed by atoms with Crippen LogP contribution in [0.15, 0.2) is 30.3 Å². The fourth-order valence-corrected chi connectivity index (χ4v) is 4.40. The van der Waals surface area contributed by atoms with Crippen LogP contribution in [0.2, 0.25) is 0 Å². The monoisotopic (exact) mass is 279 g/mol. The third-order valence-electron chi connectivity index (χ3n) is 4.22. The second kappa shape index (κ2) is 5.25. The SMILES string of the molecule is O=S1(=O)CCC(NC(c2ccccc2)C2CC2)CC1. The zero-order valence-electron chi connectivity index (χ0n) is 11.1. The van der Waals surface area contributed by atoms with Gasteiger partial charge in [0.25, 0.3) is 0 Å². The van der Waals surface area contributed by atoms with E-state index in [-0.39, 0.29) is 0 Å². The van der Waals surface area contributed by atoms with Gasteiger partial charge < -0.3 is 5.32 Å². The Morgan fingerprint density at radius 2 is 1.63 bits per heavy atom. The molecule has 19 heavy (non-hydrogen) atoms. The average molecular weight is 279 g/mol. The van der Waals surface area contributed by atoms with Crippen LogP contribution in [-0.2, 0) is 9.84 Å². The first kappa shape index (κ1) is 13.1. The topological polar surface area (TPSA) is 46.2 Å². The van der Waals surface area contributed by atoms with Crippen LogP contribution in [0.1, 0.15) is 37.3 Å². The Hall–Kier alpha value is -0.870. The van der Waals surface area contributed by atoms with E-state index in [2.05, 4.69) is 29.6 Å². The van der Waals surface area contributed by atoms with Gasteiger partial charge in [-0.25, -0.2) is 8.42 Å². The molecule has 0 bridgehead atoms. The molecule has 1 aliphatic heterocycles. The Bertz CT molecular complexity index is 508. The van der Waals surface area contributed by atoms with Crippen molar-refractivity contribution >= 4 is 9.84 Å². The summed E-state index contributed by atoms with van der Waals surface area (Å²) in [6, 6.07) is 11.3.